The van der Waals surface area contributed by atoms with Crippen molar-refractivity contribution in [3.63, 3.8) is 0 Å². The molecule has 2 N–H and O–H groups in total. The molecule has 0 atom stereocenters. The van der Waals surface area contributed by atoms with Crippen LogP contribution in [0.4, 0.5) is 29.6 Å². The molecular formula is C21H19F3N6O. The Hall–Kier alpha value is -3.69. The van der Waals surface area contributed by atoms with Gasteiger partial charge in [-0.2, -0.15) is 13.2 Å². The van der Waals surface area contributed by atoms with Gasteiger partial charge in [0.1, 0.15) is 5.69 Å². The maximum atomic E-state index is 12.9. The van der Waals surface area contributed by atoms with Crippen LogP contribution in [0.5, 0.6) is 0 Å². The third kappa shape index (κ3) is 4.90. The lowest BCUT2D eigenvalue weighted by atomic mass is 10.0. The zero-order valence-corrected chi connectivity index (χ0v) is 16.6. The van der Waals surface area contributed by atoms with E-state index in [9.17, 15) is 18.0 Å². The van der Waals surface area contributed by atoms with Crippen LogP contribution in [0.15, 0.2) is 48.8 Å². The lowest BCUT2D eigenvalue weighted by molar-refractivity contribution is -0.141. The number of pyridine rings is 1. The number of nitrogens with zero attached hydrogens (tertiary/aromatic N) is 4. The zero-order chi connectivity index (χ0) is 22.0. The minimum atomic E-state index is -4.54. The van der Waals surface area contributed by atoms with Gasteiger partial charge in [-0.25, -0.2) is 14.8 Å². The largest absolute Gasteiger partial charge is 0.433 e. The maximum absolute atomic E-state index is 12.9. The molecule has 1 aromatic carbocycles. The summed E-state index contributed by atoms with van der Waals surface area (Å²) in [5, 5.41) is 5.59. The van der Waals surface area contributed by atoms with Gasteiger partial charge in [0.05, 0.1) is 12.2 Å². The van der Waals surface area contributed by atoms with Crippen LogP contribution in [-0.4, -0.2) is 39.0 Å². The van der Waals surface area contributed by atoms with Crippen molar-refractivity contribution in [2.24, 2.45) is 0 Å². The van der Waals surface area contributed by atoms with E-state index < -0.39 is 11.9 Å². The summed E-state index contributed by atoms with van der Waals surface area (Å²) in [4.78, 5) is 25.2. The van der Waals surface area contributed by atoms with E-state index in [-0.39, 0.29) is 12.0 Å². The minimum Gasteiger partial charge on any atom is -0.336 e. The van der Waals surface area contributed by atoms with Crippen LogP contribution in [0, 0.1) is 6.92 Å². The maximum Gasteiger partial charge on any atom is 0.433 e. The molecule has 10 heteroatoms. The number of carbonyl (C=O) groups is 1. The van der Waals surface area contributed by atoms with Crippen LogP contribution in [0.3, 0.4) is 0 Å². The first-order valence-electron chi connectivity index (χ1n) is 9.55. The number of anilines is 2. The number of hydrogen-bond acceptors (Lipinski definition) is 5. The summed E-state index contributed by atoms with van der Waals surface area (Å²) in [5.74, 6) is -0.135. The molecule has 1 aliphatic rings. The van der Waals surface area contributed by atoms with Gasteiger partial charge in [-0.15, -0.1) is 0 Å². The third-order valence-electron chi connectivity index (χ3n) is 4.74. The molecule has 7 nitrogen and oxygen atoms in total. The van der Waals surface area contributed by atoms with E-state index in [0.29, 0.717) is 25.3 Å². The summed E-state index contributed by atoms with van der Waals surface area (Å²) in [6, 6.07) is 10.0. The van der Waals surface area contributed by atoms with Crippen LogP contribution in [0.2, 0.25) is 0 Å². The zero-order valence-electron chi connectivity index (χ0n) is 16.6. The molecule has 0 saturated carbocycles. The van der Waals surface area contributed by atoms with E-state index in [2.05, 4.69) is 25.6 Å². The quantitative estimate of drug-likeness (QED) is 0.638. The molecule has 0 radical (unpaired) electrons. The van der Waals surface area contributed by atoms with Crippen molar-refractivity contribution in [1.29, 1.82) is 0 Å². The lowest BCUT2D eigenvalue weighted by Crippen LogP contribution is -2.27. The number of nitrogens with one attached hydrogen (secondary N) is 2. The van der Waals surface area contributed by atoms with E-state index >= 15 is 0 Å². The molecular weight excluding hydrogens is 409 g/mol. The van der Waals surface area contributed by atoms with Crippen LogP contribution < -0.4 is 10.6 Å². The fraction of sp³-hybridized carbons (Fsp3) is 0.238. The number of aryl methyl sites for hydroxylation is 1. The smallest absolute Gasteiger partial charge is 0.336 e. The molecule has 0 bridgehead atoms. The van der Waals surface area contributed by atoms with Gasteiger partial charge in [0, 0.05) is 36.7 Å². The molecule has 1 saturated heterocycles. The summed E-state index contributed by atoms with van der Waals surface area (Å²) >= 11 is 0. The standard InChI is InChI=1S/C21H19F3N6O/c1-13-8-15(14-2-3-16(27-11-14)12-30-7-6-26-20(30)31)10-17(9-13)28-19-25-5-4-18(29-19)21(22,23)24/h2-5,8-11H,6-7,12H2,1H3,(H,26,31)(H,25,28,29). The van der Waals surface area contributed by atoms with Crippen molar-refractivity contribution in [3.05, 3.63) is 65.7 Å². The first kappa shape index (κ1) is 20.6. The topological polar surface area (TPSA) is 83.0 Å². The normalized spacial score (nSPS) is 13.9. The van der Waals surface area contributed by atoms with Gasteiger partial charge >= 0.3 is 12.2 Å². The molecule has 31 heavy (non-hydrogen) atoms. The Morgan fingerprint density at radius 3 is 2.65 bits per heavy atom. The predicted octanol–water partition coefficient (Wildman–Crippen LogP) is 4.13. The highest BCUT2D eigenvalue weighted by molar-refractivity contribution is 5.76. The minimum absolute atomic E-state index is 0.0999. The SMILES string of the molecule is Cc1cc(Nc2nccc(C(F)(F)F)n2)cc(-c2ccc(CN3CCNC3=O)nc2)c1. The lowest BCUT2D eigenvalue weighted by Gasteiger charge is -2.14. The fourth-order valence-corrected chi connectivity index (χ4v) is 3.27. The van der Waals surface area contributed by atoms with Crippen LogP contribution in [0.1, 0.15) is 17.0 Å². The van der Waals surface area contributed by atoms with Crippen LogP contribution in [-0.2, 0) is 12.7 Å². The summed E-state index contributed by atoms with van der Waals surface area (Å²) in [6.45, 7) is 3.59. The number of hydrogen-bond donors (Lipinski definition) is 2. The number of urea groups is 1. The number of halogens is 3. The van der Waals surface area contributed by atoms with Gasteiger partial charge in [0.15, 0.2) is 0 Å². The highest BCUT2D eigenvalue weighted by atomic mass is 19.4. The first-order valence-corrected chi connectivity index (χ1v) is 9.55. The monoisotopic (exact) mass is 428 g/mol. The highest BCUT2D eigenvalue weighted by Crippen LogP contribution is 2.29. The van der Waals surface area contributed by atoms with Gasteiger partial charge in [-0.05, 0) is 42.3 Å². The van der Waals surface area contributed by atoms with Crippen LogP contribution >= 0.6 is 0 Å². The summed E-state index contributed by atoms with van der Waals surface area (Å²) < 4.78 is 38.7. The average Bonchev–Trinajstić information content (AvgIpc) is 3.12. The molecule has 4 rings (SSSR count). The molecule has 2 aromatic heterocycles. The van der Waals surface area contributed by atoms with E-state index in [0.717, 1.165) is 34.6 Å². The van der Waals surface area contributed by atoms with Crippen molar-refractivity contribution in [2.75, 3.05) is 18.4 Å². The molecule has 1 aliphatic heterocycles. The van der Waals surface area contributed by atoms with Gasteiger partial charge in [-0.3, -0.25) is 4.98 Å². The second-order valence-electron chi connectivity index (χ2n) is 7.17. The molecule has 0 spiro atoms. The second-order valence-corrected chi connectivity index (χ2v) is 7.17. The Balaban J connectivity index is 1.53. The second kappa shape index (κ2) is 8.21. The number of amides is 2. The Morgan fingerprint density at radius 2 is 1.97 bits per heavy atom. The Bertz CT molecular complexity index is 1100. The van der Waals surface area contributed by atoms with Crippen molar-refractivity contribution in [2.45, 2.75) is 19.6 Å². The molecule has 160 valence electrons. The number of rotatable bonds is 5. The Morgan fingerprint density at radius 1 is 1.13 bits per heavy atom. The van der Waals surface area contributed by atoms with E-state index in [1.807, 2.05) is 25.1 Å². The van der Waals surface area contributed by atoms with Crippen LogP contribution in [0.25, 0.3) is 11.1 Å². The summed E-state index contributed by atoms with van der Waals surface area (Å²) in [6.07, 6.45) is -1.76. The Kier molecular flexibility index (Phi) is 5.45. The van der Waals surface area contributed by atoms with E-state index in [4.69, 9.17) is 0 Å². The fourth-order valence-electron chi connectivity index (χ4n) is 3.27. The summed E-state index contributed by atoms with van der Waals surface area (Å²) in [5.41, 5.74) is 2.91. The Labute approximate surface area is 176 Å². The number of alkyl halides is 3. The van der Waals surface area contributed by atoms with E-state index in [1.54, 1.807) is 23.2 Å². The third-order valence-corrected chi connectivity index (χ3v) is 4.74. The molecule has 0 unspecified atom stereocenters. The predicted molar refractivity (Wildman–Crippen MR) is 109 cm³/mol. The molecule has 3 heterocycles. The first-order chi connectivity index (χ1) is 14.8. The van der Waals surface area contributed by atoms with Gasteiger partial charge in [0.25, 0.3) is 0 Å². The average molecular weight is 428 g/mol. The number of aromatic nitrogens is 3. The highest BCUT2D eigenvalue weighted by Gasteiger charge is 2.32. The van der Waals surface area contributed by atoms with Gasteiger partial charge in [0.2, 0.25) is 5.95 Å². The van der Waals surface area contributed by atoms with Gasteiger partial charge in [-0.1, -0.05) is 12.1 Å². The molecule has 2 amide bonds. The molecule has 3 aromatic rings. The van der Waals surface area contributed by atoms with Gasteiger partial charge < -0.3 is 15.5 Å². The van der Waals surface area contributed by atoms with E-state index in [1.165, 1.54) is 0 Å². The summed E-state index contributed by atoms with van der Waals surface area (Å²) in [7, 11) is 0. The number of benzene rings is 1. The van der Waals surface area contributed by atoms with Crippen molar-refractivity contribution >= 4 is 17.7 Å². The van der Waals surface area contributed by atoms with Crippen molar-refractivity contribution < 1.29 is 18.0 Å². The van der Waals surface area contributed by atoms with Crippen molar-refractivity contribution in [1.82, 2.24) is 25.2 Å². The number of carbonyl (C=O) groups excluding carboxylic acids is 1. The molecule has 1 fully saturated rings. The molecule has 0 aliphatic carbocycles. The van der Waals surface area contributed by atoms with Crippen molar-refractivity contribution in [3.8, 4) is 11.1 Å².